The van der Waals surface area contributed by atoms with Crippen LogP contribution in [0.2, 0.25) is 0 Å². The van der Waals surface area contributed by atoms with Crippen LogP contribution in [0.4, 0.5) is 15.9 Å². The van der Waals surface area contributed by atoms with E-state index in [-0.39, 0.29) is 17.3 Å². The number of rotatable bonds is 2. The average molecular weight is 248 g/mol. The number of anilines is 2. The molecule has 0 amide bonds. The van der Waals surface area contributed by atoms with E-state index in [1.807, 2.05) is 0 Å². The number of halogens is 1. The van der Waals surface area contributed by atoms with E-state index in [2.05, 4.69) is 9.97 Å². The van der Waals surface area contributed by atoms with E-state index < -0.39 is 17.3 Å². The van der Waals surface area contributed by atoms with Crippen LogP contribution < -0.4 is 11.5 Å². The summed E-state index contributed by atoms with van der Waals surface area (Å²) >= 11 is 0. The molecule has 6 nitrogen and oxygen atoms in total. The molecule has 0 saturated heterocycles. The Morgan fingerprint density at radius 2 is 2.06 bits per heavy atom. The first-order chi connectivity index (χ1) is 8.49. The minimum absolute atomic E-state index is 0.0844. The second kappa shape index (κ2) is 4.28. The first-order valence-corrected chi connectivity index (χ1v) is 4.90. The summed E-state index contributed by atoms with van der Waals surface area (Å²) in [6.45, 7) is 0. The van der Waals surface area contributed by atoms with Gasteiger partial charge in [-0.25, -0.2) is 19.2 Å². The van der Waals surface area contributed by atoms with Crippen LogP contribution in [0.3, 0.4) is 0 Å². The van der Waals surface area contributed by atoms with E-state index in [0.717, 1.165) is 12.1 Å². The monoisotopic (exact) mass is 248 g/mol. The second-order valence-electron chi connectivity index (χ2n) is 3.53. The molecule has 0 aliphatic rings. The third kappa shape index (κ3) is 2.05. The molecule has 0 atom stereocenters. The Bertz CT molecular complexity index is 630. The number of hydrogen-bond acceptors (Lipinski definition) is 5. The van der Waals surface area contributed by atoms with E-state index >= 15 is 0 Å². The van der Waals surface area contributed by atoms with Gasteiger partial charge >= 0.3 is 5.97 Å². The van der Waals surface area contributed by atoms with Crippen molar-refractivity contribution in [1.82, 2.24) is 9.97 Å². The molecular formula is C11H9FN4O2. The zero-order valence-corrected chi connectivity index (χ0v) is 9.09. The standard InChI is InChI=1S/C11H9FN4O2/c12-7-2-1-5(3-6(7)11(17)18)10-15-4-8(13)9(14)16-10/h1-4H,13H2,(H,17,18)(H2,14,15,16). The van der Waals surface area contributed by atoms with Crippen LogP contribution in [-0.2, 0) is 0 Å². The normalized spacial score (nSPS) is 10.3. The van der Waals surface area contributed by atoms with Crippen molar-refractivity contribution in [2.75, 3.05) is 11.5 Å². The quantitative estimate of drug-likeness (QED) is 0.734. The lowest BCUT2D eigenvalue weighted by atomic mass is 10.1. The molecule has 0 aliphatic heterocycles. The summed E-state index contributed by atoms with van der Waals surface area (Å²) in [5, 5.41) is 8.81. The Balaban J connectivity index is 2.54. The second-order valence-corrected chi connectivity index (χ2v) is 3.53. The van der Waals surface area contributed by atoms with Crippen molar-refractivity contribution in [3.8, 4) is 11.4 Å². The van der Waals surface area contributed by atoms with Gasteiger partial charge in [-0.2, -0.15) is 0 Å². The first kappa shape index (κ1) is 11.8. The van der Waals surface area contributed by atoms with Gasteiger partial charge in [-0.1, -0.05) is 0 Å². The van der Waals surface area contributed by atoms with Crippen molar-refractivity contribution < 1.29 is 14.3 Å². The van der Waals surface area contributed by atoms with Crippen LogP contribution in [0.1, 0.15) is 10.4 Å². The van der Waals surface area contributed by atoms with E-state index in [4.69, 9.17) is 16.6 Å². The van der Waals surface area contributed by atoms with Gasteiger partial charge in [-0.3, -0.25) is 0 Å². The van der Waals surface area contributed by atoms with Gasteiger partial charge in [0, 0.05) is 5.56 Å². The molecule has 18 heavy (non-hydrogen) atoms. The third-order valence-corrected chi connectivity index (χ3v) is 2.30. The maximum Gasteiger partial charge on any atom is 0.338 e. The Labute approximate surface area is 101 Å². The van der Waals surface area contributed by atoms with Gasteiger partial charge in [0.05, 0.1) is 17.4 Å². The molecule has 1 heterocycles. The summed E-state index contributed by atoms with van der Waals surface area (Å²) < 4.78 is 13.2. The number of nitrogens with two attached hydrogens (primary N) is 2. The van der Waals surface area contributed by atoms with E-state index in [1.165, 1.54) is 12.3 Å². The van der Waals surface area contributed by atoms with Gasteiger partial charge in [0.25, 0.3) is 0 Å². The Kier molecular flexibility index (Phi) is 2.80. The number of carboxylic acid groups (broad SMARTS) is 1. The molecule has 1 aromatic carbocycles. The number of nitrogens with zero attached hydrogens (tertiary/aromatic N) is 2. The minimum Gasteiger partial charge on any atom is -0.478 e. The highest BCUT2D eigenvalue weighted by atomic mass is 19.1. The highest BCUT2D eigenvalue weighted by molar-refractivity contribution is 5.89. The molecule has 92 valence electrons. The number of carboxylic acids is 1. The van der Waals surface area contributed by atoms with Crippen LogP contribution in [0.25, 0.3) is 11.4 Å². The Morgan fingerprint density at radius 3 is 2.67 bits per heavy atom. The van der Waals surface area contributed by atoms with Crippen LogP contribution in [0.15, 0.2) is 24.4 Å². The summed E-state index contributed by atoms with van der Waals surface area (Å²) in [7, 11) is 0. The van der Waals surface area contributed by atoms with Gasteiger partial charge in [0.1, 0.15) is 5.82 Å². The lowest BCUT2D eigenvalue weighted by molar-refractivity contribution is 0.0692. The van der Waals surface area contributed by atoms with Crippen molar-refractivity contribution in [3.63, 3.8) is 0 Å². The molecule has 2 rings (SSSR count). The number of carbonyl (C=O) groups is 1. The predicted molar refractivity (Wildman–Crippen MR) is 63.2 cm³/mol. The Morgan fingerprint density at radius 1 is 1.33 bits per heavy atom. The van der Waals surface area contributed by atoms with Crippen LogP contribution in [0, 0.1) is 5.82 Å². The molecule has 7 heteroatoms. The molecular weight excluding hydrogens is 239 g/mol. The molecule has 0 aliphatic carbocycles. The van der Waals surface area contributed by atoms with Crippen molar-refractivity contribution in [1.29, 1.82) is 0 Å². The van der Waals surface area contributed by atoms with Gasteiger partial charge in [0.2, 0.25) is 0 Å². The highest BCUT2D eigenvalue weighted by Crippen LogP contribution is 2.21. The van der Waals surface area contributed by atoms with Gasteiger partial charge in [-0.05, 0) is 18.2 Å². The topological polar surface area (TPSA) is 115 Å². The maximum atomic E-state index is 13.2. The summed E-state index contributed by atoms with van der Waals surface area (Å²) in [6, 6.07) is 3.55. The van der Waals surface area contributed by atoms with E-state index in [1.54, 1.807) is 0 Å². The lowest BCUT2D eigenvalue weighted by Gasteiger charge is -2.04. The number of aromatic carboxylic acids is 1. The van der Waals surface area contributed by atoms with Crippen LogP contribution in [0.5, 0.6) is 0 Å². The molecule has 1 aromatic heterocycles. The molecule has 0 unspecified atom stereocenters. The van der Waals surface area contributed by atoms with Gasteiger partial charge in [0.15, 0.2) is 11.6 Å². The summed E-state index contributed by atoms with van der Waals surface area (Å²) in [6.07, 6.45) is 1.31. The summed E-state index contributed by atoms with van der Waals surface area (Å²) in [5.41, 5.74) is 11.1. The van der Waals surface area contributed by atoms with Crippen molar-refractivity contribution in [3.05, 3.63) is 35.8 Å². The molecule has 0 bridgehead atoms. The fraction of sp³-hybridized carbons (Fsp3) is 0. The first-order valence-electron chi connectivity index (χ1n) is 4.90. The van der Waals surface area contributed by atoms with Crippen molar-refractivity contribution >= 4 is 17.5 Å². The molecule has 0 spiro atoms. The zero-order chi connectivity index (χ0) is 13.3. The van der Waals surface area contributed by atoms with E-state index in [9.17, 15) is 9.18 Å². The van der Waals surface area contributed by atoms with Crippen LogP contribution in [-0.4, -0.2) is 21.0 Å². The molecule has 0 radical (unpaired) electrons. The largest absolute Gasteiger partial charge is 0.478 e. The molecule has 0 fully saturated rings. The SMILES string of the molecule is Nc1cnc(-c2ccc(F)c(C(=O)O)c2)nc1N. The van der Waals surface area contributed by atoms with Crippen LogP contribution >= 0.6 is 0 Å². The maximum absolute atomic E-state index is 13.2. The number of nitrogen functional groups attached to an aromatic ring is 2. The minimum atomic E-state index is -1.36. The molecule has 2 aromatic rings. The summed E-state index contributed by atoms with van der Waals surface area (Å²) in [4.78, 5) is 18.6. The van der Waals surface area contributed by atoms with Gasteiger partial charge < -0.3 is 16.6 Å². The average Bonchev–Trinajstić information content (AvgIpc) is 2.33. The van der Waals surface area contributed by atoms with Crippen molar-refractivity contribution in [2.45, 2.75) is 0 Å². The van der Waals surface area contributed by atoms with Gasteiger partial charge in [-0.15, -0.1) is 0 Å². The third-order valence-electron chi connectivity index (χ3n) is 2.30. The number of hydrogen-bond donors (Lipinski definition) is 3. The smallest absolute Gasteiger partial charge is 0.338 e. The number of benzene rings is 1. The fourth-order valence-corrected chi connectivity index (χ4v) is 1.37. The molecule has 0 saturated carbocycles. The number of aromatic nitrogens is 2. The molecule has 5 N–H and O–H groups in total. The van der Waals surface area contributed by atoms with Crippen molar-refractivity contribution in [2.24, 2.45) is 0 Å². The zero-order valence-electron chi connectivity index (χ0n) is 9.09. The van der Waals surface area contributed by atoms with E-state index in [0.29, 0.717) is 5.56 Å². The fourth-order valence-electron chi connectivity index (χ4n) is 1.37. The Hall–Kier alpha value is -2.70. The highest BCUT2D eigenvalue weighted by Gasteiger charge is 2.13. The lowest BCUT2D eigenvalue weighted by Crippen LogP contribution is -2.03. The summed E-state index contributed by atoms with van der Waals surface area (Å²) in [5.74, 6) is -1.92. The predicted octanol–water partition coefficient (Wildman–Crippen LogP) is 1.15.